The maximum Gasteiger partial charge on any atom is 0.244 e. The third-order valence-corrected chi connectivity index (χ3v) is 7.58. The van der Waals surface area contributed by atoms with E-state index in [2.05, 4.69) is 4.72 Å². The van der Waals surface area contributed by atoms with Crippen molar-refractivity contribution in [1.29, 1.82) is 0 Å². The molecule has 2 rings (SSSR count). The zero-order chi connectivity index (χ0) is 17.3. The second kappa shape index (κ2) is 6.48. The Morgan fingerprint density at radius 3 is 2.13 bits per heavy atom. The lowest BCUT2D eigenvalue weighted by atomic mass is 10.1. The van der Waals surface area contributed by atoms with Gasteiger partial charge in [-0.3, -0.25) is 0 Å². The maximum atomic E-state index is 12.7. The van der Waals surface area contributed by atoms with Gasteiger partial charge >= 0.3 is 0 Å². The Labute approximate surface area is 138 Å². The minimum atomic E-state index is -4.01. The molecule has 0 spiro atoms. The van der Waals surface area contributed by atoms with Crippen LogP contribution in [-0.4, -0.2) is 46.3 Å². The van der Waals surface area contributed by atoms with Crippen LogP contribution in [0.15, 0.2) is 34.1 Å². The van der Waals surface area contributed by atoms with Crippen LogP contribution >= 0.6 is 0 Å². The van der Waals surface area contributed by atoms with Gasteiger partial charge in [-0.2, -0.15) is 4.31 Å². The summed E-state index contributed by atoms with van der Waals surface area (Å²) in [6, 6.07) is 5.67. The van der Waals surface area contributed by atoms with E-state index in [-0.39, 0.29) is 16.3 Å². The average molecular weight is 361 g/mol. The zero-order valence-electron chi connectivity index (χ0n) is 13.3. The lowest BCUT2D eigenvalue weighted by Crippen LogP contribution is -2.49. The number of benzene rings is 1. The summed E-state index contributed by atoms with van der Waals surface area (Å²) in [4.78, 5) is -0.435. The van der Waals surface area contributed by atoms with Crippen molar-refractivity contribution < 1.29 is 16.8 Å². The van der Waals surface area contributed by atoms with Gasteiger partial charge in [-0.05, 0) is 38.8 Å². The third kappa shape index (κ3) is 3.92. The van der Waals surface area contributed by atoms with Crippen LogP contribution in [0.25, 0.3) is 0 Å². The summed E-state index contributed by atoms with van der Waals surface area (Å²) in [6.07, 6.45) is 1.57. The Kier molecular flexibility index (Phi) is 5.17. The molecule has 23 heavy (non-hydrogen) atoms. The summed E-state index contributed by atoms with van der Waals surface area (Å²) in [5, 5.41) is 0. The molecule has 1 aromatic rings. The highest BCUT2D eigenvalue weighted by molar-refractivity contribution is 7.92. The fraction of sp³-hybridized carbons (Fsp3) is 0.571. The molecular formula is C14H23N3O4S2. The molecule has 1 aromatic carbocycles. The first-order chi connectivity index (χ1) is 10.6. The molecule has 130 valence electrons. The molecule has 3 N–H and O–H groups in total. The van der Waals surface area contributed by atoms with Gasteiger partial charge in [-0.15, -0.1) is 0 Å². The summed E-state index contributed by atoms with van der Waals surface area (Å²) in [5.74, 6) is 0. The van der Waals surface area contributed by atoms with Crippen LogP contribution in [-0.2, 0) is 20.0 Å². The first-order valence-electron chi connectivity index (χ1n) is 7.43. The van der Waals surface area contributed by atoms with Gasteiger partial charge in [0.2, 0.25) is 20.0 Å². The Hall–Kier alpha value is -1.00. The largest absolute Gasteiger partial charge is 0.329 e. The molecule has 1 aliphatic rings. The number of nitrogens with one attached hydrogen (secondary N) is 1. The molecule has 0 bridgehead atoms. The summed E-state index contributed by atoms with van der Waals surface area (Å²) in [5.41, 5.74) is 4.69. The van der Waals surface area contributed by atoms with E-state index in [0.29, 0.717) is 13.1 Å². The van der Waals surface area contributed by atoms with Crippen LogP contribution in [0.4, 0.5) is 0 Å². The van der Waals surface area contributed by atoms with Crippen molar-refractivity contribution >= 4 is 20.0 Å². The minimum absolute atomic E-state index is 0.0905. The van der Waals surface area contributed by atoms with Crippen molar-refractivity contribution in [3.05, 3.63) is 24.3 Å². The summed E-state index contributed by atoms with van der Waals surface area (Å²) < 4.78 is 54.6. The summed E-state index contributed by atoms with van der Waals surface area (Å²) in [6.45, 7) is 4.20. The highest BCUT2D eigenvalue weighted by Gasteiger charge is 2.34. The standard InChI is InChI=1S/C14H23N3O4S2/c1-14(2,11-15)16-22(18,19)12-7-3-4-8-13(12)23(20,21)17-9-5-6-10-17/h3-4,7-8,16H,5-6,9-11,15H2,1-2H3. The molecule has 0 aliphatic carbocycles. The molecule has 0 aromatic heterocycles. The van der Waals surface area contributed by atoms with E-state index in [9.17, 15) is 16.8 Å². The van der Waals surface area contributed by atoms with Crippen LogP contribution in [0.2, 0.25) is 0 Å². The topological polar surface area (TPSA) is 110 Å². The van der Waals surface area contributed by atoms with Crippen molar-refractivity contribution in [3.63, 3.8) is 0 Å². The first kappa shape index (κ1) is 18.3. The predicted molar refractivity (Wildman–Crippen MR) is 87.9 cm³/mol. The van der Waals surface area contributed by atoms with Gasteiger partial charge in [-0.25, -0.2) is 21.6 Å². The highest BCUT2D eigenvalue weighted by atomic mass is 32.2. The van der Waals surface area contributed by atoms with Crippen molar-refractivity contribution in [3.8, 4) is 0 Å². The lowest BCUT2D eigenvalue weighted by Gasteiger charge is -2.25. The van der Waals surface area contributed by atoms with E-state index >= 15 is 0 Å². The summed E-state index contributed by atoms with van der Waals surface area (Å²) >= 11 is 0. The van der Waals surface area contributed by atoms with Gasteiger partial charge in [-0.1, -0.05) is 12.1 Å². The second-order valence-electron chi connectivity index (χ2n) is 6.25. The van der Waals surface area contributed by atoms with Gasteiger partial charge < -0.3 is 5.73 Å². The number of rotatable bonds is 6. The molecule has 0 radical (unpaired) electrons. The molecule has 7 nitrogen and oxygen atoms in total. The molecule has 1 fully saturated rings. The molecule has 1 saturated heterocycles. The van der Waals surface area contributed by atoms with Gasteiger partial charge in [0.25, 0.3) is 0 Å². The SMILES string of the molecule is CC(C)(CN)NS(=O)(=O)c1ccccc1S(=O)(=O)N1CCCC1. The number of sulfonamides is 2. The molecule has 0 amide bonds. The number of nitrogens with zero attached hydrogens (tertiary/aromatic N) is 1. The highest BCUT2D eigenvalue weighted by Crippen LogP contribution is 2.27. The minimum Gasteiger partial charge on any atom is -0.329 e. The Balaban J connectivity index is 2.50. The first-order valence-corrected chi connectivity index (χ1v) is 10.4. The molecular weight excluding hydrogens is 338 g/mol. The van der Waals surface area contributed by atoms with E-state index in [1.54, 1.807) is 13.8 Å². The van der Waals surface area contributed by atoms with Gasteiger partial charge in [0, 0.05) is 25.2 Å². The van der Waals surface area contributed by atoms with E-state index < -0.39 is 25.6 Å². The smallest absolute Gasteiger partial charge is 0.244 e. The lowest BCUT2D eigenvalue weighted by molar-refractivity contribution is 0.458. The van der Waals surface area contributed by atoms with Crippen LogP contribution in [0.5, 0.6) is 0 Å². The van der Waals surface area contributed by atoms with Crippen LogP contribution in [0.3, 0.4) is 0 Å². The van der Waals surface area contributed by atoms with Gasteiger partial charge in [0.05, 0.1) is 0 Å². The Morgan fingerprint density at radius 1 is 1.09 bits per heavy atom. The monoisotopic (exact) mass is 361 g/mol. The van der Waals surface area contributed by atoms with Gasteiger partial charge in [0.1, 0.15) is 9.79 Å². The molecule has 0 saturated carbocycles. The van der Waals surface area contributed by atoms with Crippen LogP contribution in [0.1, 0.15) is 26.7 Å². The molecule has 1 aliphatic heterocycles. The average Bonchev–Trinajstić information content (AvgIpc) is 3.01. The van der Waals surface area contributed by atoms with Crippen molar-refractivity contribution in [2.24, 2.45) is 5.73 Å². The van der Waals surface area contributed by atoms with Crippen molar-refractivity contribution in [2.75, 3.05) is 19.6 Å². The molecule has 9 heteroatoms. The molecule has 1 heterocycles. The maximum absolute atomic E-state index is 12.7. The quantitative estimate of drug-likeness (QED) is 0.766. The second-order valence-corrected chi connectivity index (χ2v) is 9.81. The van der Waals surface area contributed by atoms with E-state index in [4.69, 9.17) is 5.73 Å². The molecule has 0 atom stereocenters. The van der Waals surface area contributed by atoms with E-state index in [0.717, 1.165) is 12.8 Å². The van der Waals surface area contributed by atoms with Gasteiger partial charge in [0.15, 0.2) is 0 Å². The Morgan fingerprint density at radius 2 is 1.61 bits per heavy atom. The van der Waals surface area contributed by atoms with E-state index in [1.165, 1.54) is 28.6 Å². The summed E-state index contributed by atoms with van der Waals surface area (Å²) in [7, 11) is -7.84. The predicted octanol–water partition coefficient (Wildman–Crippen LogP) is 0.487. The zero-order valence-corrected chi connectivity index (χ0v) is 15.0. The van der Waals surface area contributed by atoms with Crippen molar-refractivity contribution in [1.82, 2.24) is 9.03 Å². The fourth-order valence-electron chi connectivity index (χ4n) is 2.41. The Bertz CT molecular complexity index is 767. The number of nitrogens with two attached hydrogens (primary N) is 1. The fourth-order valence-corrected chi connectivity index (χ4v) is 6.16. The third-order valence-electron chi connectivity index (χ3n) is 3.74. The van der Waals surface area contributed by atoms with E-state index in [1.807, 2.05) is 0 Å². The normalized spacial score (nSPS) is 17.5. The number of hydrogen-bond donors (Lipinski definition) is 2. The van der Waals surface area contributed by atoms with Crippen LogP contribution < -0.4 is 10.5 Å². The number of hydrogen-bond acceptors (Lipinski definition) is 5. The van der Waals surface area contributed by atoms with Crippen molar-refractivity contribution in [2.45, 2.75) is 42.0 Å². The molecule has 0 unspecified atom stereocenters. The van der Waals surface area contributed by atoms with Crippen LogP contribution in [0, 0.1) is 0 Å².